The zero-order valence-corrected chi connectivity index (χ0v) is 6.44. The van der Waals surface area contributed by atoms with E-state index in [9.17, 15) is 4.79 Å². The second-order valence-corrected chi connectivity index (χ2v) is 2.12. The third-order valence-corrected chi connectivity index (χ3v) is 1.37. The molecule has 0 aliphatic rings. The lowest BCUT2D eigenvalue weighted by Crippen LogP contribution is -2.04. The highest BCUT2D eigenvalue weighted by Gasteiger charge is 2.09. The number of nitriles is 1. The van der Waals surface area contributed by atoms with Crippen LogP contribution in [0.15, 0.2) is 18.3 Å². The third kappa shape index (κ3) is 1.58. The van der Waals surface area contributed by atoms with Crippen LogP contribution < -0.4 is 0 Å². The molecule has 0 atom stereocenters. The summed E-state index contributed by atoms with van der Waals surface area (Å²) in [7, 11) is 0. The standard InChI is InChI=1S/C8H6N2O2/c1-6-7(3-2-4-10-6)8(11)12-5-9/h2-4H,1H3. The van der Waals surface area contributed by atoms with Crippen LogP contribution in [0, 0.1) is 18.4 Å². The second kappa shape index (κ2) is 3.49. The maximum Gasteiger partial charge on any atom is 0.355 e. The van der Waals surface area contributed by atoms with Gasteiger partial charge in [0.15, 0.2) is 0 Å². The highest BCUT2D eigenvalue weighted by atomic mass is 16.5. The molecule has 0 saturated heterocycles. The Bertz CT molecular complexity index is 341. The van der Waals surface area contributed by atoms with Gasteiger partial charge in [0, 0.05) is 6.20 Å². The monoisotopic (exact) mass is 162 g/mol. The molecule has 0 amide bonds. The number of nitrogens with zero attached hydrogens (tertiary/aromatic N) is 2. The number of hydrogen-bond acceptors (Lipinski definition) is 4. The van der Waals surface area contributed by atoms with Crippen LogP contribution in [0.3, 0.4) is 0 Å². The smallest absolute Gasteiger partial charge is 0.347 e. The average Bonchev–Trinajstić information content (AvgIpc) is 2.05. The van der Waals surface area contributed by atoms with Crippen molar-refractivity contribution in [3.8, 4) is 6.26 Å². The van der Waals surface area contributed by atoms with Crippen molar-refractivity contribution < 1.29 is 9.53 Å². The number of pyridine rings is 1. The van der Waals surface area contributed by atoms with Crippen molar-refractivity contribution in [3.63, 3.8) is 0 Å². The molecule has 0 spiro atoms. The summed E-state index contributed by atoms with van der Waals surface area (Å²) < 4.78 is 4.14. The molecule has 1 aromatic heterocycles. The first-order chi connectivity index (χ1) is 5.75. The van der Waals surface area contributed by atoms with E-state index in [1.54, 1.807) is 25.3 Å². The first-order valence-electron chi connectivity index (χ1n) is 3.27. The minimum absolute atomic E-state index is 0.319. The lowest BCUT2D eigenvalue weighted by atomic mass is 10.2. The summed E-state index contributed by atoms with van der Waals surface area (Å²) in [6, 6.07) is 3.17. The molecule has 4 nitrogen and oxygen atoms in total. The Morgan fingerprint density at radius 2 is 2.50 bits per heavy atom. The summed E-state index contributed by atoms with van der Waals surface area (Å²) >= 11 is 0. The van der Waals surface area contributed by atoms with E-state index in [1.165, 1.54) is 6.26 Å². The van der Waals surface area contributed by atoms with Gasteiger partial charge in [0.1, 0.15) is 0 Å². The number of rotatable bonds is 1. The largest absolute Gasteiger partial charge is 0.355 e. The minimum Gasteiger partial charge on any atom is -0.347 e. The van der Waals surface area contributed by atoms with Crippen molar-refractivity contribution in [2.24, 2.45) is 0 Å². The average molecular weight is 162 g/mol. The fourth-order valence-electron chi connectivity index (χ4n) is 0.796. The molecule has 0 fully saturated rings. The summed E-state index contributed by atoms with van der Waals surface area (Å²) in [4.78, 5) is 14.9. The second-order valence-electron chi connectivity index (χ2n) is 2.12. The van der Waals surface area contributed by atoms with E-state index in [-0.39, 0.29) is 0 Å². The van der Waals surface area contributed by atoms with Gasteiger partial charge in [0.05, 0.1) is 11.3 Å². The minimum atomic E-state index is -0.664. The summed E-state index contributed by atoms with van der Waals surface area (Å²) in [5.41, 5.74) is 0.872. The molecular formula is C8H6N2O2. The molecule has 0 N–H and O–H groups in total. The first-order valence-corrected chi connectivity index (χ1v) is 3.27. The van der Waals surface area contributed by atoms with E-state index in [0.29, 0.717) is 11.3 Å². The third-order valence-electron chi connectivity index (χ3n) is 1.37. The Morgan fingerprint density at radius 1 is 1.75 bits per heavy atom. The van der Waals surface area contributed by atoms with Gasteiger partial charge < -0.3 is 4.74 Å². The van der Waals surface area contributed by atoms with Gasteiger partial charge in [-0.2, -0.15) is 0 Å². The lowest BCUT2D eigenvalue weighted by molar-refractivity contribution is 0.0684. The van der Waals surface area contributed by atoms with Gasteiger partial charge >= 0.3 is 5.97 Å². The SMILES string of the molecule is Cc1ncccc1C(=O)OC#N. The van der Waals surface area contributed by atoms with Gasteiger partial charge in [0.25, 0.3) is 6.26 Å². The topological polar surface area (TPSA) is 63.0 Å². The Balaban J connectivity index is 2.97. The normalized spacial score (nSPS) is 8.67. The number of carbonyl (C=O) groups excluding carboxylic acids is 1. The highest BCUT2D eigenvalue weighted by molar-refractivity contribution is 5.90. The molecule has 0 bridgehead atoms. The molecule has 1 heterocycles. The van der Waals surface area contributed by atoms with Crippen molar-refractivity contribution >= 4 is 5.97 Å². The Hall–Kier alpha value is -1.89. The van der Waals surface area contributed by atoms with E-state index < -0.39 is 5.97 Å². The number of carbonyl (C=O) groups is 1. The van der Waals surface area contributed by atoms with Crippen molar-refractivity contribution in [2.75, 3.05) is 0 Å². The number of ether oxygens (including phenoxy) is 1. The molecule has 4 heteroatoms. The molecule has 12 heavy (non-hydrogen) atoms. The van der Waals surface area contributed by atoms with Crippen LogP contribution in [0.25, 0.3) is 0 Å². The number of aryl methyl sites for hydroxylation is 1. The van der Waals surface area contributed by atoms with E-state index in [2.05, 4.69) is 9.72 Å². The molecule has 1 rings (SSSR count). The van der Waals surface area contributed by atoms with Crippen LogP contribution in [-0.4, -0.2) is 11.0 Å². The first kappa shape index (κ1) is 8.21. The molecule has 60 valence electrons. The predicted octanol–water partition coefficient (Wildman–Crippen LogP) is 1.03. The van der Waals surface area contributed by atoms with E-state index >= 15 is 0 Å². The molecule has 0 aliphatic carbocycles. The predicted molar refractivity (Wildman–Crippen MR) is 40.0 cm³/mol. The Morgan fingerprint density at radius 3 is 3.08 bits per heavy atom. The lowest BCUT2D eigenvalue weighted by Gasteiger charge is -1.98. The quantitative estimate of drug-likeness (QED) is 0.457. The van der Waals surface area contributed by atoms with E-state index in [0.717, 1.165) is 0 Å². The summed E-state index contributed by atoms with van der Waals surface area (Å²) in [6.07, 6.45) is 2.88. The number of aromatic nitrogens is 1. The van der Waals surface area contributed by atoms with Gasteiger partial charge in [-0.1, -0.05) is 0 Å². The maximum absolute atomic E-state index is 11.0. The molecule has 0 aliphatic heterocycles. The van der Waals surface area contributed by atoms with Crippen molar-refractivity contribution in [2.45, 2.75) is 6.92 Å². The van der Waals surface area contributed by atoms with Crippen LogP contribution in [0.2, 0.25) is 0 Å². The maximum atomic E-state index is 11.0. The van der Waals surface area contributed by atoms with E-state index in [4.69, 9.17) is 5.26 Å². The van der Waals surface area contributed by atoms with Crippen molar-refractivity contribution in [3.05, 3.63) is 29.6 Å². The Labute approximate surface area is 69.4 Å². The van der Waals surface area contributed by atoms with Gasteiger partial charge in [0.2, 0.25) is 0 Å². The number of esters is 1. The molecule has 0 aromatic carbocycles. The van der Waals surface area contributed by atoms with Gasteiger partial charge in [-0.15, -0.1) is 5.26 Å². The zero-order chi connectivity index (χ0) is 8.97. The summed E-state index contributed by atoms with van der Waals surface area (Å²) in [6.45, 7) is 1.67. The van der Waals surface area contributed by atoms with Crippen LogP contribution >= 0.6 is 0 Å². The van der Waals surface area contributed by atoms with E-state index in [1.807, 2.05) is 0 Å². The fraction of sp³-hybridized carbons (Fsp3) is 0.125. The molecule has 1 aromatic rings. The van der Waals surface area contributed by atoms with Gasteiger partial charge in [-0.05, 0) is 19.1 Å². The fourth-order valence-corrected chi connectivity index (χ4v) is 0.796. The molecule has 0 saturated carbocycles. The van der Waals surface area contributed by atoms with Gasteiger partial charge in [-0.25, -0.2) is 4.79 Å². The summed E-state index contributed by atoms with van der Waals surface area (Å²) in [5.74, 6) is -0.664. The van der Waals surface area contributed by atoms with Crippen LogP contribution in [0.5, 0.6) is 0 Å². The van der Waals surface area contributed by atoms with Crippen molar-refractivity contribution in [1.82, 2.24) is 4.98 Å². The molecule has 0 unspecified atom stereocenters. The van der Waals surface area contributed by atoms with Crippen LogP contribution in [-0.2, 0) is 4.74 Å². The van der Waals surface area contributed by atoms with Gasteiger partial charge in [-0.3, -0.25) is 4.98 Å². The molecule has 0 radical (unpaired) electrons. The summed E-state index contributed by atoms with van der Waals surface area (Å²) in [5, 5.41) is 8.08. The molecular weight excluding hydrogens is 156 g/mol. The van der Waals surface area contributed by atoms with Crippen LogP contribution in [0.1, 0.15) is 16.1 Å². The van der Waals surface area contributed by atoms with Crippen LogP contribution in [0.4, 0.5) is 0 Å². The van der Waals surface area contributed by atoms with Crippen molar-refractivity contribution in [1.29, 1.82) is 5.26 Å². The number of hydrogen-bond donors (Lipinski definition) is 0. The highest BCUT2D eigenvalue weighted by Crippen LogP contribution is 2.04. The Kier molecular flexibility index (Phi) is 2.38. The zero-order valence-electron chi connectivity index (χ0n) is 6.44.